The van der Waals surface area contributed by atoms with Crippen molar-refractivity contribution in [1.29, 1.82) is 0 Å². The van der Waals surface area contributed by atoms with E-state index >= 15 is 0 Å². The summed E-state index contributed by atoms with van der Waals surface area (Å²) >= 11 is 0. The molecule has 1 fully saturated rings. The third-order valence-corrected chi connectivity index (χ3v) is 4.49. The second-order valence-corrected chi connectivity index (χ2v) is 6.89. The average molecular weight is 341 g/mol. The molecule has 0 saturated carbocycles. The quantitative estimate of drug-likeness (QED) is 0.777. The largest absolute Gasteiger partial charge is 0.383 e. The maximum atomic E-state index is 12.7. The van der Waals surface area contributed by atoms with Crippen molar-refractivity contribution in [3.05, 3.63) is 47.8 Å². The number of benzene rings is 1. The number of anilines is 1. The lowest BCUT2D eigenvalue weighted by atomic mass is 9.98. The molecule has 3 rings (SSSR count). The van der Waals surface area contributed by atoms with Gasteiger partial charge in [0, 0.05) is 36.6 Å². The Morgan fingerprint density at radius 1 is 1.40 bits per heavy atom. The highest BCUT2D eigenvalue weighted by molar-refractivity contribution is 5.75. The van der Waals surface area contributed by atoms with Gasteiger partial charge in [0.1, 0.15) is 0 Å². The predicted octanol–water partition coefficient (Wildman–Crippen LogP) is 3.67. The molecule has 3 N–H and O–H groups in total. The van der Waals surface area contributed by atoms with Crippen molar-refractivity contribution in [3.8, 4) is 0 Å². The normalized spacial score (nSPS) is 17.6. The molecular formula is C19H27N5O. The van der Waals surface area contributed by atoms with Crippen LogP contribution in [0.1, 0.15) is 50.3 Å². The molecule has 2 aromatic rings. The van der Waals surface area contributed by atoms with Gasteiger partial charge in [-0.25, -0.2) is 4.79 Å². The van der Waals surface area contributed by atoms with Crippen LogP contribution in [0.4, 0.5) is 10.5 Å². The molecule has 2 heterocycles. The van der Waals surface area contributed by atoms with E-state index in [1.54, 1.807) is 0 Å². The van der Waals surface area contributed by atoms with Crippen molar-refractivity contribution < 1.29 is 4.79 Å². The van der Waals surface area contributed by atoms with E-state index in [1.807, 2.05) is 35.5 Å². The molecule has 0 bridgehead atoms. The van der Waals surface area contributed by atoms with Gasteiger partial charge >= 0.3 is 6.03 Å². The molecule has 1 atom stereocenters. The molecule has 2 amide bonds. The highest BCUT2D eigenvalue weighted by Gasteiger charge is 2.28. The minimum atomic E-state index is -0.00637. The number of piperidine rings is 1. The smallest absolute Gasteiger partial charge is 0.318 e. The summed E-state index contributed by atoms with van der Waals surface area (Å²) in [6, 6.07) is 8.68. The standard InChI is InChI=1S/C19H27N5O/c1-14(2)23-17-7-5-6-15(10-17)11-20-19(25)24-9-4-3-8-18(24)16-12-21-22-13-16/h5-7,10,12-14,18,23H,3-4,8-9,11H2,1-2H3,(H,20,25)(H,21,22)/t18-/m0/s1. The van der Waals surface area contributed by atoms with E-state index in [-0.39, 0.29) is 12.1 Å². The Labute approximate surface area is 149 Å². The first-order chi connectivity index (χ1) is 12.1. The minimum Gasteiger partial charge on any atom is -0.383 e. The molecule has 1 saturated heterocycles. The van der Waals surface area contributed by atoms with Crippen LogP contribution in [-0.2, 0) is 6.54 Å². The number of rotatable bonds is 5. The van der Waals surface area contributed by atoms with Crippen LogP contribution in [0, 0.1) is 0 Å². The summed E-state index contributed by atoms with van der Waals surface area (Å²) in [5, 5.41) is 13.3. The van der Waals surface area contributed by atoms with E-state index in [0.29, 0.717) is 12.6 Å². The number of amides is 2. The third-order valence-electron chi connectivity index (χ3n) is 4.49. The fourth-order valence-corrected chi connectivity index (χ4v) is 3.35. The Balaban J connectivity index is 1.61. The Bertz CT molecular complexity index is 683. The van der Waals surface area contributed by atoms with Crippen LogP contribution in [0.2, 0.25) is 0 Å². The Morgan fingerprint density at radius 3 is 3.04 bits per heavy atom. The summed E-state index contributed by atoms with van der Waals surface area (Å²) in [7, 11) is 0. The van der Waals surface area contributed by atoms with Crippen molar-refractivity contribution in [1.82, 2.24) is 20.4 Å². The van der Waals surface area contributed by atoms with Crippen molar-refractivity contribution in [2.75, 3.05) is 11.9 Å². The van der Waals surface area contributed by atoms with E-state index < -0.39 is 0 Å². The van der Waals surface area contributed by atoms with E-state index in [2.05, 4.69) is 40.7 Å². The van der Waals surface area contributed by atoms with Crippen LogP contribution < -0.4 is 10.6 Å². The van der Waals surface area contributed by atoms with Crippen LogP contribution >= 0.6 is 0 Å². The Hall–Kier alpha value is -2.50. The second kappa shape index (κ2) is 8.05. The molecule has 0 spiro atoms. The van der Waals surface area contributed by atoms with Crippen LogP contribution in [0.25, 0.3) is 0 Å². The highest BCUT2D eigenvalue weighted by Crippen LogP contribution is 2.30. The fraction of sp³-hybridized carbons (Fsp3) is 0.474. The molecule has 0 aliphatic carbocycles. The third kappa shape index (κ3) is 4.53. The lowest BCUT2D eigenvalue weighted by Gasteiger charge is -2.35. The number of carbonyl (C=O) groups excluding carboxylic acids is 1. The molecular weight excluding hydrogens is 314 g/mol. The molecule has 25 heavy (non-hydrogen) atoms. The molecule has 1 aliphatic heterocycles. The van der Waals surface area contributed by atoms with Crippen LogP contribution in [0.5, 0.6) is 0 Å². The summed E-state index contributed by atoms with van der Waals surface area (Å²) in [4.78, 5) is 14.6. The number of likely N-dealkylation sites (tertiary alicyclic amines) is 1. The molecule has 1 aliphatic rings. The summed E-state index contributed by atoms with van der Waals surface area (Å²) < 4.78 is 0. The molecule has 134 valence electrons. The van der Waals surface area contributed by atoms with Crippen LogP contribution in [0.15, 0.2) is 36.7 Å². The zero-order valence-corrected chi connectivity index (χ0v) is 15.0. The Morgan fingerprint density at radius 2 is 2.28 bits per heavy atom. The molecule has 6 nitrogen and oxygen atoms in total. The number of H-pyrrole nitrogens is 1. The first-order valence-corrected chi connectivity index (χ1v) is 9.02. The first kappa shape index (κ1) is 17.3. The number of carbonyl (C=O) groups is 1. The maximum absolute atomic E-state index is 12.7. The predicted molar refractivity (Wildman–Crippen MR) is 99.3 cm³/mol. The molecule has 0 unspecified atom stereocenters. The number of aromatic nitrogens is 2. The maximum Gasteiger partial charge on any atom is 0.318 e. The number of hydrogen-bond acceptors (Lipinski definition) is 3. The number of nitrogens with one attached hydrogen (secondary N) is 3. The monoisotopic (exact) mass is 341 g/mol. The molecule has 1 aromatic heterocycles. The number of nitrogens with zero attached hydrogens (tertiary/aromatic N) is 2. The lowest BCUT2D eigenvalue weighted by molar-refractivity contribution is 0.151. The van der Waals surface area contributed by atoms with Gasteiger partial charge in [0.05, 0.1) is 12.2 Å². The van der Waals surface area contributed by atoms with Gasteiger partial charge < -0.3 is 15.5 Å². The number of hydrogen-bond donors (Lipinski definition) is 3. The van der Waals surface area contributed by atoms with Crippen molar-refractivity contribution in [2.24, 2.45) is 0 Å². The van der Waals surface area contributed by atoms with Crippen molar-refractivity contribution in [3.63, 3.8) is 0 Å². The van der Waals surface area contributed by atoms with Crippen molar-refractivity contribution >= 4 is 11.7 Å². The van der Waals surface area contributed by atoms with Gasteiger partial charge in [0.25, 0.3) is 0 Å². The van der Waals surface area contributed by atoms with Gasteiger partial charge in [-0.15, -0.1) is 0 Å². The van der Waals surface area contributed by atoms with E-state index in [1.165, 1.54) is 0 Å². The molecule has 1 aromatic carbocycles. The van der Waals surface area contributed by atoms with Crippen LogP contribution in [-0.4, -0.2) is 33.7 Å². The van der Waals surface area contributed by atoms with E-state index in [4.69, 9.17) is 0 Å². The summed E-state index contributed by atoms with van der Waals surface area (Å²) in [5.41, 5.74) is 3.25. The summed E-state index contributed by atoms with van der Waals surface area (Å²) in [6.45, 7) is 5.54. The van der Waals surface area contributed by atoms with Gasteiger partial charge in [-0.2, -0.15) is 5.10 Å². The number of aromatic amines is 1. The Kier molecular flexibility index (Phi) is 5.58. The molecule has 0 radical (unpaired) electrons. The van der Waals surface area contributed by atoms with Gasteiger partial charge in [0.15, 0.2) is 0 Å². The van der Waals surface area contributed by atoms with Crippen LogP contribution in [0.3, 0.4) is 0 Å². The zero-order chi connectivity index (χ0) is 17.6. The van der Waals surface area contributed by atoms with Gasteiger partial charge in [-0.05, 0) is 50.8 Å². The van der Waals surface area contributed by atoms with Gasteiger partial charge in [-0.1, -0.05) is 12.1 Å². The minimum absolute atomic E-state index is 0.00637. The van der Waals surface area contributed by atoms with Crippen molar-refractivity contribution in [2.45, 2.75) is 51.7 Å². The van der Waals surface area contributed by atoms with E-state index in [0.717, 1.165) is 42.6 Å². The first-order valence-electron chi connectivity index (χ1n) is 9.02. The summed E-state index contributed by atoms with van der Waals surface area (Å²) in [6.07, 6.45) is 6.88. The summed E-state index contributed by atoms with van der Waals surface area (Å²) in [5.74, 6) is 0. The highest BCUT2D eigenvalue weighted by atomic mass is 16.2. The zero-order valence-electron chi connectivity index (χ0n) is 15.0. The topological polar surface area (TPSA) is 73.0 Å². The lowest BCUT2D eigenvalue weighted by Crippen LogP contribution is -2.44. The van der Waals surface area contributed by atoms with Gasteiger partial charge in [-0.3, -0.25) is 5.10 Å². The van der Waals surface area contributed by atoms with Gasteiger partial charge in [0.2, 0.25) is 0 Å². The van der Waals surface area contributed by atoms with E-state index in [9.17, 15) is 4.79 Å². The SMILES string of the molecule is CC(C)Nc1cccc(CNC(=O)N2CCCC[C@H]2c2cn[nH]c2)c1. The average Bonchev–Trinajstić information content (AvgIpc) is 3.14. The fourth-order valence-electron chi connectivity index (χ4n) is 3.35. The second-order valence-electron chi connectivity index (χ2n) is 6.89. The molecule has 6 heteroatoms. The number of urea groups is 1.